The fourth-order valence-electron chi connectivity index (χ4n) is 3.80. The molecule has 0 saturated carbocycles. The Morgan fingerprint density at radius 2 is 1.71 bits per heavy atom. The standard InChI is InChI=1S/C24H25F3N6O/c1-16(2)17-3-5-19(31-23(34)18-4-6-21(30-14-18)24(25,26)27)20(13-17)32-9-11-33(12-10-32)22-15-28-7-8-29-22/h3-8,13-16H,9-12H2,1-2H3,(H,31,34). The average molecular weight is 470 g/mol. The predicted molar refractivity (Wildman–Crippen MR) is 124 cm³/mol. The number of hydrogen-bond acceptors (Lipinski definition) is 6. The summed E-state index contributed by atoms with van der Waals surface area (Å²) in [6.45, 7) is 7.09. The molecule has 0 spiro atoms. The molecule has 7 nitrogen and oxygen atoms in total. The Labute approximate surface area is 195 Å². The molecule has 10 heteroatoms. The SMILES string of the molecule is CC(C)c1ccc(NC(=O)c2ccc(C(F)(F)F)nc2)c(N2CCN(c3cnccn3)CC2)c1. The molecular formula is C24H25F3N6O. The van der Waals surface area contributed by atoms with E-state index in [9.17, 15) is 18.0 Å². The first-order valence-electron chi connectivity index (χ1n) is 11.0. The lowest BCUT2D eigenvalue weighted by Gasteiger charge is -2.37. The van der Waals surface area contributed by atoms with Gasteiger partial charge in [0.1, 0.15) is 11.5 Å². The zero-order chi connectivity index (χ0) is 24.3. The molecule has 1 aliphatic heterocycles. The van der Waals surface area contributed by atoms with Crippen LogP contribution in [0.15, 0.2) is 55.1 Å². The molecule has 3 heterocycles. The van der Waals surface area contributed by atoms with Crippen LogP contribution in [-0.4, -0.2) is 47.0 Å². The van der Waals surface area contributed by atoms with E-state index in [0.717, 1.165) is 48.5 Å². The molecule has 1 N–H and O–H groups in total. The predicted octanol–water partition coefficient (Wildman–Crippen LogP) is 4.59. The lowest BCUT2D eigenvalue weighted by molar-refractivity contribution is -0.141. The van der Waals surface area contributed by atoms with Crippen molar-refractivity contribution in [2.75, 3.05) is 41.3 Å². The number of nitrogens with zero attached hydrogens (tertiary/aromatic N) is 5. The van der Waals surface area contributed by atoms with Gasteiger partial charge in [-0.25, -0.2) is 4.98 Å². The molecule has 1 fully saturated rings. The zero-order valence-corrected chi connectivity index (χ0v) is 18.9. The Balaban J connectivity index is 1.53. The quantitative estimate of drug-likeness (QED) is 0.588. The number of carbonyl (C=O) groups excluding carboxylic acids is 1. The number of carbonyl (C=O) groups is 1. The first kappa shape index (κ1) is 23.5. The van der Waals surface area contributed by atoms with Crippen LogP contribution in [0.4, 0.5) is 30.4 Å². The second kappa shape index (κ2) is 9.66. The first-order valence-corrected chi connectivity index (χ1v) is 11.0. The van der Waals surface area contributed by atoms with Crippen LogP contribution in [0.3, 0.4) is 0 Å². The van der Waals surface area contributed by atoms with E-state index >= 15 is 0 Å². The number of rotatable bonds is 5. The number of anilines is 3. The number of piperazine rings is 1. The lowest BCUT2D eigenvalue weighted by Crippen LogP contribution is -2.47. The summed E-state index contributed by atoms with van der Waals surface area (Å²) in [6.07, 6.45) is 1.43. The van der Waals surface area contributed by atoms with Crippen molar-refractivity contribution in [1.29, 1.82) is 0 Å². The summed E-state index contributed by atoms with van der Waals surface area (Å²) in [5, 5.41) is 2.85. The molecule has 2 aromatic heterocycles. The van der Waals surface area contributed by atoms with Gasteiger partial charge in [0.05, 0.1) is 23.1 Å². The molecule has 3 aromatic rings. The fraction of sp³-hybridized carbons (Fsp3) is 0.333. The highest BCUT2D eigenvalue weighted by atomic mass is 19.4. The van der Waals surface area contributed by atoms with Gasteiger partial charge in [0.2, 0.25) is 0 Å². The van der Waals surface area contributed by atoms with Crippen LogP contribution in [-0.2, 0) is 6.18 Å². The summed E-state index contributed by atoms with van der Waals surface area (Å²) in [5.74, 6) is 0.600. The third-order valence-corrected chi connectivity index (χ3v) is 5.75. The number of halogens is 3. The Hall–Kier alpha value is -3.69. The van der Waals surface area contributed by atoms with Crippen LogP contribution in [0, 0.1) is 0 Å². The van der Waals surface area contributed by atoms with Crippen molar-refractivity contribution in [3.8, 4) is 0 Å². The van der Waals surface area contributed by atoms with Gasteiger partial charge in [0.25, 0.3) is 5.91 Å². The largest absolute Gasteiger partial charge is 0.433 e. The second-order valence-electron chi connectivity index (χ2n) is 8.35. The Bertz CT molecular complexity index is 1130. The van der Waals surface area contributed by atoms with E-state index in [-0.39, 0.29) is 5.56 Å². The zero-order valence-electron chi connectivity index (χ0n) is 18.9. The van der Waals surface area contributed by atoms with Gasteiger partial charge in [-0.2, -0.15) is 13.2 Å². The summed E-state index contributed by atoms with van der Waals surface area (Å²) in [4.78, 5) is 29.0. The van der Waals surface area contributed by atoms with Crippen molar-refractivity contribution < 1.29 is 18.0 Å². The number of pyridine rings is 1. The van der Waals surface area contributed by atoms with Gasteiger partial charge in [-0.15, -0.1) is 0 Å². The smallest absolute Gasteiger partial charge is 0.366 e. The summed E-state index contributed by atoms with van der Waals surface area (Å²) >= 11 is 0. The van der Waals surface area contributed by atoms with E-state index in [1.807, 2.05) is 12.1 Å². The number of nitrogens with one attached hydrogen (secondary N) is 1. The molecule has 34 heavy (non-hydrogen) atoms. The van der Waals surface area contributed by atoms with Gasteiger partial charge in [-0.1, -0.05) is 19.9 Å². The van der Waals surface area contributed by atoms with Gasteiger partial charge in [0, 0.05) is 44.8 Å². The van der Waals surface area contributed by atoms with Gasteiger partial charge in [-0.05, 0) is 35.7 Å². The van der Waals surface area contributed by atoms with Crippen molar-refractivity contribution >= 4 is 23.1 Å². The Morgan fingerprint density at radius 3 is 2.29 bits per heavy atom. The number of amides is 1. The molecule has 0 unspecified atom stereocenters. The molecule has 178 valence electrons. The number of alkyl halides is 3. The van der Waals surface area contributed by atoms with Crippen molar-refractivity contribution in [2.24, 2.45) is 0 Å². The minimum Gasteiger partial charge on any atom is -0.366 e. The minimum atomic E-state index is -4.55. The Morgan fingerprint density at radius 1 is 0.971 bits per heavy atom. The normalized spacial score (nSPS) is 14.4. The van der Waals surface area contributed by atoms with Gasteiger partial charge in [0.15, 0.2) is 0 Å². The summed E-state index contributed by atoms with van der Waals surface area (Å²) < 4.78 is 38.4. The van der Waals surface area contributed by atoms with Crippen molar-refractivity contribution in [3.63, 3.8) is 0 Å². The number of benzene rings is 1. The van der Waals surface area contributed by atoms with Crippen molar-refractivity contribution in [1.82, 2.24) is 15.0 Å². The average Bonchev–Trinajstić information content (AvgIpc) is 2.84. The highest BCUT2D eigenvalue weighted by molar-refractivity contribution is 6.05. The van der Waals surface area contributed by atoms with Crippen LogP contribution < -0.4 is 15.1 Å². The van der Waals surface area contributed by atoms with E-state index in [1.165, 1.54) is 0 Å². The van der Waals surface area contributed by atoms with Crippen LogP contribution in [0.1, 0.15) is 41.4 Å². The van der Waals surface area contributed by atoms with Crippen LogP contribution in [0.5, 0.6) is 0 Å². The van der Waals surface area contributed by atoms with E-state index in [0.29, 0.717) is 24.7 Å². The molecule has 0 aliphatic carbocycles. The van der Waals surface area contributed by atoms with Crippen LogP contribution >= 0.6 is 0 Å². The summed E-state index contributed by atoms with van der Waals surface area (Å²) in [5.41, 5.74) is 1.62. The number of aromatic nitrogens is 3. The van der Waals surface area contributed by atoms with E-state index in [2.05, 4.69) is 50.0 Å². The third kappa shape index (κ3) is 5.27. The molecule has 4 rings (SSSR count). The lowest BCUT2D eigenvalue weighted by atomic mass is 10.0. The monoisotopic (exact) mass is 470 g/mol. The van der Waals surface area contributed by atoms with Crippen LogP contribution in [0.25, 0.3) is 0 Å². The van der Waals surface area contributed by atoms with Crippen LogP contribution in [0.2, 0.25) is 0 Å². The third-order valence-electron chi connectivity index (χ3n) is 5.75. The molecule has 1 saturated heterocycles. The van der Waals surface area contributed by atoms with E-state index in [4.69, 9.17) is 0 Å². The minimum absolute atomic E-state index is 0.0550. The van der Waals surface area contributed by atoms with E-state index in [1.54, 1.807) is 18.6 Å². The fourth-order valence-corrected chi connectivity index (χ4v) is 3.80. The van der Waals surface area contributed by atoms with Crippen molar-refractivity contribution in [3.05, 3.63) is 71.9 Å². The van der Waals surface area contributed by atoms with Gasteiger partial charge < -0.3 is 15.1 Å². The Kier molecular flexibility index (Phi) is 6.67. The van der Waals surface area contributed by atoms with Crippen molar-refractivity contribution in [2.45, 2.75) is 25.9 Å². The number of hydrogen-bond donors (Lipinski definition) is 1. The molecule has 0 bridgehead atoms. The maximum atomic E-state index is 12.8. The maximum Gasteiger partial charge on any atom is 0.433 e. The van der Waals surface area contributed by atoms with Gasteiger partial charge in [-0.3, -0.25) is 14.8 Å². The molecule has 1 aromatic carbocycles. The van der Waals surface area contributed by atoms with Gasteiger partial charge >= 0.3 is 6.18 Å². The second-order valence-corrected chi connectivity index (χ2v) is 8.35. The first-order chi connectivity index (χ1) is 16.2. The summed E-state index contributed by atoms with van der Waals surface area (Å²) in [6, 6.07) is 7.79. The highest BCUT2D eigenvalue weighted by Gasteiger charge is 2.32. The summed E-state index contributed by atoms with van der Waals surface area (Å²) in [7, 11) is 0. The molecule has 0 atom stereocenters. The molecular weight excluding hydrogens is 445 g/mol. The maximum absolute atomic E-state index is 12.8. The molecule has 1 aliphatic rings. The molecule has 1 amide bonds. The molecule has 0 radical (unpaired) electrons. The van der Waals surface area contributed by atoms with E-state index < -0.39 is 17.8 Å². The highest BCUT2D eigenvalue weighted by Crippen LogP contribution is 2.32. The topological polar surface area (TPSA) is 74.2 Å².